The summed E-state index contributed by atoms with van der Waals surface area (Å²) in [6.07, 6.45) is 8.22. The van der Waals surface area contributed by atoms with E-state index in [4.69, 9.17) is 16.2 Å². The van der Waals surface area contributed by atoms with Crippen LogP contribution in [0.4, 0.5) is 0 Å². The van der Waals surface area contributed by atoms with Crippen LogP contribution in [0.1, 0.15) is 97.6 Å². The number of aryl methyl sites for hydroxylation is 1. The lowest BCUT2D eigenvalue weighted by Crippen LogP contribution is -2.33. The zero-order valence-corrected chi connectivity index (χ0v) is 25.9. The number of nitrogens with two attached hydrogens (primary N) is 2. The van der Waals surface area contributed by atoms with Gasteiger partial charge in [-0.05, 0) is 25.7 Å². The molecular formula is C30H52N6O6. The van der Waals surface area contributed by atoms with Crippen LogP contribution in [0.3, 0.4) is 0 Å². The van der Waals surface area contributed by atoms with Crippen molar-refractivity contribution < 1.29 is 28.7 Å². The number of aromatic nitrogens is 3. The van der Waals surface area contributed by atoms with E-state index in [1.807, 2.05) is 13.8 Å². The SMILES string of the molecule is CC(C)C(=O)C(N)CCCCCC(=O)CCOCCn1cc(CCC(=O)NCCCCC(C(N)=O)C(=O)C(C)C)nn1. The Hall–Kier alpha value is -2.99. The van der Waals surface area contributed by atoms with Gasteiger partial charge >= 0.3 is 0 Å². The van der Waals surface area contributed by atoms with Gasteiger partial charge in [0.25, 0.3) is 0 Å². The van der Waals surface area contributed by atoms with Gasteiger partial charge < -0.3 is 21.5 Å². The van der Waals surface area contributed by atoms with Crippen molar-refractivity contribution in [2.45, 2.75) is 111 Å². The molecular weight excluding hydrogens is 540 g/mol. The third-order valence-electron chi connectivity index (χ3n) is 7.09. The highest BCUT2D eigenvalue weighted by atomic mass is 16.5. The monoisotopic (exact) mass is 592 g/mol. The molecule has 12 heteroatoms. The molecule has 0 aromatic carbocycles. The van der Waals surface area contributed by atoms with Gasteiger partial charge in [0.15, 0.2) is 5.78 Å². The maximum absolute atomic E-state index is 12.1. The van der Waals surface area contributed by atoms with Crippen LogP contribution in [0.5, 0.6) is 0 Å². The summed E-state index contributed by atoms with van der Waals surface area (Å²) < 4.78 is 7.22. The van der Waals surface area contributed by atoms with E-state index in [9.17, 15) is 24.0 Å². The number of rotatable bonds is 25. The fourth-order valence-electron chi connectivity index (χ4n) is 4.43. The van der Waals surface area contributed by atoms with Crippen molar-refractivity contribution in [2.75, 3.05) is 19.8 Å². The highest BCUT2D eigenvalue weighted by Crippen LogP contribution is 2.14. The molecule has 0 aliphatic rings. The Labute approximate surface area is 250 Å². The number of hydrogen-bond acceptors (Lipinski definition) is 9. The van der Waals surface area contributed by atoms with Gasteiger partial charge in [0, 0.05) is 50.3 Å². The van der Waals surface area contributed by atoms with Crippen LogP contribution >= 0.6 is 0 Å². The predicted octanol–water partition coefficient (Wildman–Crippen LogP) is 2.30. The van der Waals surface area contributed by atoms with Crippen LogP contribution in [0.2, 0.25) is 0 Å². The van der Waals surface area contributed by atoms with Crippen molar-refractivity contribution in [3.05, 3.63) is 11.9 Å². The van der Waals surface area contributed by atoms with Crippen LogP contribution in [-0.4, -0.2) is 70.0 Å². The second-order valence-corrected chi connectivity index (χ2v) is 11.5. The van der Waals surface area contributed by atoms with E-state index in [-0.39, 0.29) is 41.5 Å². The van der Waals surface area contributed by atoms with Gasteiger partial charge in [-0.15, -0.1) is 5.10 Å². The zero-order valence-electron chi connectivity index (χ0n) is 25.9. The lowest BCUT2D eigenvalue weighted by molar-refractivity contribution is -0.134. The standard InChI is InChI=1S/C30H52N6O6/c1-21(2)28(39)25(30(32)41)11-8-9-16-33-27(38)14-13-23-20-36(35-34-23)17-19-42-18-15-24(37)10-6-5-7-12-26(31)29(40)22(3)4/h20-22,25-26H,5-19,31H2,1-4H3,(H2,32,41)(H,33,38). The molecule has 1 aromatic heterocycles. The first-order valence-electron chi connectivity index (χ1n) is 15.3. The van der Waals surface area contributed by atoms with Gasteiger partial charge in [0.1, 0.15) is 11.6 Å². The first-order chi connectivity index (χ1) is 19.9. The van der Waals surface area contributed by atoms with E-state index in [1.165, 1.54) is 0 Å². The maximum Gasteiger partial charge on any atom is 0.228 e. The van der Waals surface area contributed by atoms with Gasteiger partial charge in [-0.25, -0.2) is 4.68 Å². The number of carbonyl (C=O) groups is 5. The van der Waals surface area contributed by atoms with E-state index in [0.717, 1.165) is 19.3 Å². The summed E-state index contributed by atoms with van der Waals surface area (Å²) in [7, 11) is 0. The normalized spacial score (nSPS) is 12.8. The topological polar surface area (TPSA) is 189 Å². The lowest BCUT2D eigenvalue weighted by Gasteiger charge is -2.14. The largest absolute Gasteiger partial charge is 0.379 e. The fourth-order valence-corrected chi connectivity index (χ4v) is 4.43. The summed E-state index contributed by atoms with van der Waals surface area (Å²) in [6.45, 7) is 8.92. The number of hydrogen-bond donors (Lipinski definition) is 3. The number of amides is 2. The van der Waals surface area contributed by atoms with Crippen molar-refractivity contribution in [1.82, 2.24) is 20.3 Å². The Bertz CT molecular complexity index is 993. The Morgan fingerprint density at radius 2 is 1.57 bits per heavy atom. The first-order valence-corrected chi connectivity index (χ1v) is 15.3. The number of nitrogens with zero attached hydrogens (tertiary/aromatic N) is 3. The summed E-state index contributed by atoms with van der Waals surface area (Å²) in [6, 6.07) is -0.407. The van der Waals surface area contributed by atoms with E-state index >= 15 is 0 Å². The number of primary amides is 1. The van der Waals surface area contributed by atoms with E-state index < -0.39 is 17.9 Å². The van der Waals surface area contributed by atoms with E-state index in [1.54, 1.807) is 24.7 Å². The highest BCUT2D eigenvalue weighted by Gasteiger charge is 2.25. The molecule has 0 saturated heterocycles. The maximum atomic E-state index is 12.1. The Morgan fingerprint density at radius 1 is 0.881 bits per heavy atom. The molecule has 2 unspecified atom stereocenters. The average molecular weight is 593 g/mol. The van der Waals surface area contributed by atoms with Crippen LogP contribution in [0.15, 0.2) is 6.20 Å². The minimum absolute atomic E-state index is 0.0459. The number of ether oxygens (including phenoxy) is 1. The van der Waals surface area contributed by atoms with Crippen LogP contribution in [-0.2, 0) is 41.7 Å². The number of carbonyl (C=O) groups excluding carboxylic acids is 5. The third-order valence-corrected chi connectivity index (χ3v) is 7.09. The van der Waals surface area contributed by atoms with Crippen LogP contribution in [0.25, 0.3) is 0 Å². The van der Waals surface area contributed by atoms with Crippen molar-refractivity contribution >= 4 is 29.2 Å². The number of Topliss-reactive ketones (excluding diaryl/α,β-unsaturated/α-hetero) is 3. The van der Waals surface area contributed by atoms with Crippen molar-refractivity contribution in [1.29, 1.82) is 0 Å². The summed E-state index contributed by atoms with van der Waals surface area (Å²) in [5, 5.41) is 11.0. The number of nitrogens with one attached hydrogen (secondary N) is 1. The molecule has 0 bridgehead atoms. The molecule has 0 aliphatic heterocycles. The second-order valence-electron chi connectivity index (χ2n) is 11.5. The lowest BCUT2D eigenvalue weighted by atomic mass is 9.90. The quantitative estimate of drug-likeness (QED) is 0.113. The molecule has 0 radical (unpaired) electrons. The van der Waals surface area contributed by atoms with Crippen LogP contribution < -0.4 is 16.8 Å². The number of ketones is 3. The average Bonchev–Trinajstić information content (AvgIpc) is 3.39. The molecule has 1 rings (SSSR count). The highest BCUT2D eigenvalue weighted by molar-refractivity contribution is 6.01. The van der Waals surface area contributed by atoms with E-state index in [0.29, 0.717) is 76.9 Å². The Kier molecular flexibility index (Phi) is 18.4. The van der Waals surface area contributed by atoms with Gasteiger partial charge in [-0.2, -0.15) is 0 Å². The van der Waals surface area contributed by atoms with Crippen LogP contribution in [0, 0.1) is 17.8 Å². The van der Waals surface area contributed by atoms with Gasteiger partial charge in [-0.1, -0.05) is 52.2 Å². The molecule has 0 saturated carbocycles. The van der Waals surface area contributed by atoms with E-state index in [2.05, 4.69) is 15.6 Å². The molecule has 0 spiro atoms. The molecule has 5 N–H and O–H groups in total. The van der Waals surface area contributed by atoms with Gasteiger partial charge in [-0.3, -0.25) is 24.0 Å². The summed E-state index contributed by atoms with van der Waals surface area (Å²) in [5.74, 6) is -1.64. The molecule has 0 fully saturated rings. The molecule has 12 nitrogen and oxygen atoms in total. The van der Waals surface area contributed by atoms with Gasteiger partial charge in [0.2, 0.25) is 11.8 Å². The molecule has 0 aliphatic carbocycles. The molecule has 1 heterocycles. The van der Waals surface area contributed by atoms with Crippen molar-refractivity contribution in [3.8, 4) is 0 Å². The molecule has 1 aromatic rings. The summed E-state index contributed by atoms with van der Waals surface area (Å²) in [4.78, 5) is 59.6. The Morgan fingerprint density at radius 3 is 2.24 bits per heavy atom. The predicted molar refractivity (Wildman–Crippen MR) is 159 cm³/mol. The zero-order chi connectivity index (χ0) is 31.5. The second kappa shape index (κ2) is 20.8. The minimum atomic E-state index is -0.767. The third kappa shape index (κ3) is 15.9. The molecule has 2 amide bonds. The fraction of sp³-hybridized carbons (Fsp3) is 0.767. The molecule has 42 heavy (non-hydrogen) atoms. The first kappa shape index (κ1) is 37.0. The molecule has 2 atom stereocenters. The Balaban J connectivity index is 2.10. The number of unbranched alkanes of at least 4 members (excludes halogenated alkanes) is 3. The smallest absolute Gasteiger partial charge is 0.228 e. The molecule has 238 valence electrons. The van der Waals surface area contributed by atoms with Gasteiger partial charge in [0.05, 0.1) is 37.4 Å². The summed E-state index contributed by atoms with van der Waals surface area (Å²) in [5.41, 5.74) is 12.0. The minimum Gasteiger partial charge on any atom is -0.379 e. The van der Waals surface area contributed by atoms with Crippen molar-refractivity contribution in [2.24, 2.45) is 29.2 Å². The summed E-state index contributed by atoms with van der Waals surface area (Å²) >= 11 is 0. The van der Waals surface area contributed by atoms with Crippen molar-refractivity contribution in [3.63, 3.8) is 0 Å².